The Bertz CT molecular complexity index is 526. The molecule has 0 bridgehead atoms. The van der Waals surface area contributed by atoms with Crippen molar-refractivity contribution in [2.24, 2.45) is 5.73 Å². The summed E-state index contributed by atoms with van der Waals surface area (Å²) in [6, 6.07) is 5.64. The number of amides is 1. The van der Waals surface area contributed by atoms with Gasteiger partial charge in [0.15, 0.2) is 0 Å². The van der Waals surface area contributed by atoms with Crippen molar-refractivity contribution in [2.75, 3.05) is 27.2 Å². The van der Waals surface area contributed by atoms with Gasteiger partial charge in [-0.05, 0) is 45.6 Å². The van der Waals surface area contributed by atoms with E-state index in [4.69, 9.17) is 5.73 Å². The molecule has 4 nitrogen and oxygen atoms in total. The lowest BCUT2D eigenvalue weighted by Gasteiger charge is -2.18. The van der Waals surface area contributed by atoms with Gasteiger partial charge < -0.3 is 16.0 Å². The third-order valence-electron chi connectivity index (χ3n) is 2.84. The highest BCUT2D eigenvalue weighted by atomic mass is 16.1. The normalized spacial score (nSPS) is 11.7. The number of rotatable bonds is 4. The van der Waals surface area contributed by atoms with E-state index in [-0.39, 0.29) is 11.9 Å². The number of likely N-dealkylation sites (N-methyl/N-ethyl adjacent to an activating group) is 1. The number of carbonyl (C=O) groups is 1. The number of hydrogen-bond donors (Lipinski definition) is 2. The second-order valence-electron chi connectivity index (χ2n) is 5.17. The van der Waals surface area contributed by atoms with E-state index in [1.54, 1.807) is 0 Å². The maximum atomic E-state index is 12.2. The summed E-state index contributed by atoms with van der Waals surface area (Å²) in [6.45, 7) is 5.07. The van der Waals surface area contributed by atoms with Gasteiger partial charge in [-0.25, -0.2) is 0 Å². The van der Waals surface area contributed by atoms with Gasteiger partial charge in [-0.3, -0.25) is 4.79 Å². The van der Waals surface area contributed by atoms with Crippen LogP contribution in [0.5, 0.6) is 0 Å². The Kier molecular flexibility index (Phi) is 6.23. The molecule has 4 heteroatoms. The maximum Gasteiger partial charge on any atom is 0.251 e. The Balaban J connectivity index is 2.83. The summed E-state index contributed by atoms with van der Waals surface area (Å²) in [5, 5.41) is 2.98. The van der Waals surface area contributed by atoms with E-state index in [9.17, 15) is 4.79 Å². The Morgan fingerprint density at radius 2 is 2.15 bits per heavy atom. The number of benzene rings is 1. The second kappa shape index (κ2) is 7.68. The number of carbonyl (C=O) groups excluding carboxylic acids is 1. The summed E-state index contributed by atoms with van der Waals surface area (Å²) in [6.07, 6.45) is 0. The summed E-state index contributed by atoms with van der Waals surface area (Å²) >= 11 is 0. The van der Waals surface area contributed by atoms with E-state index in [1.165, 1.54) is 0 Å². The number of nitrogens with one attached hydrogen (secondary N) is 1. The lowest BCUT2D eigenvalue weighted by Crippen LogP contribution is -2.39. The minimum Gasteiger partial charge on any atom is -0.348 e. The molecule has 1 unspecified atom stereocenters. The molecule has 0 aliphatic rings. The first-order chi connectivity index (χ1) is 9.43. The van der Waals surface area contributed by atoms with Gasteiger partial charge in [0.2, 0.25) is 0 Å². The van der Waals surface area contributed by atoms with Crippen LogP contribution in [0.4, 0.5) is 0 Å². The van der Waals surface area contributed by atoms with Gasteiger partial charge in [-0.1, -0.05) is 17.9 Å². The Morgan fingerprint density at radius 3 is 2.75 bits per heavy atom. The number of nitrogens with zero attached hydrogens (tertiary/aromatic N) is 1. The minimum absolute atomic E-state index is 0.0739. The first kappa shape index (κ1) is 16.2. The van der Waals surface area contributed by atoms with Crippen LogP contribution in [0, 0.1) is 18.8 Å². The average molecular weight is 273 g/mol. The van der Waals surface area contributed by atoms with Gasteiger partial charge in [0.25, 0.3) is 5.91 Å². The lowest BCUT2D eigenvalue weighted by atomic mass is 10.0. The number of nitrogens with two attached hydrogens (primary N) is 1. The van der Waals surface area contributed by atoms with Crippen molar-refractivity contribution < 1.29 is 4.79 Å². The third-order valence-corrected chi connectivity index (χ3v) is 2.84. The van der Waals surface area contributed by atoms with Crippen LogP contribution >= 0.6 is 0 Å². The molecule has 0 heterocycles. The van der Waals surface area contributed by atoms with Crippen LogP contribution in [0.1, 0.15) is 28.4 Å². The number of aryl methyl sites for hydroxylation is 1. The maximum absolute atomic E-state index is 12.2. The molecule has 1 aromatic carbocycles. The van der Waals surface area contributed by atoms with Crippen LogP contribution in [0.2, 0.25) is 0 Å². The average Bonchev–Trinajstić information content (AvgIpc) is 2.36. The van der Waals surface area contributed by atoms with Crippen molar-refractivity contribution in [3.05, 3.63) is 34.9 Å². The molecule has 1 rings (SSSR count). The molecule has 1 amide bonds. The van der Waals surface area contributed by atoms with Crippen molar-refractivity contribution in [1.29, 1.82) is 0 Å². The molecule has 0 radical (unpaired) electrons. The third kappa shape index (κ3) is 5.04. The largest absolute Gasteiger partial charge is 0.348 e. The van der Waals surface area contributed by atoms with Crippen LogP contribution in [0.3, 0.4) is 0 Å². The zero-order chi connectivity index (χ0) is 15.1. The van der Waals surface area contributed by atoms with E-state index in [1.807, 2.05) is 51.0 Å². The molecule has 1 atom stereocenters. The highest BCUT2D eigenvalue weighted by Gasteiger charge is 2.11. The zero-order valence-corrected chi connectivity index (χ0v) is 12.7. The fourth-order valence-electron chi connectivity index (χ4n) is 1.94. The Labute approximate surface area is 121 Å². The van der Waals surface area contributed by atoms with E-state index >= 15 is 0 Å². The molecule has 108 valence electrons. The van der Waals surface area contributed by atoms with Crippen molar-refractivity contribution in [2.45, 2.75) is 19.9 Å². The van der Waals surface area contributed by atoms with Crippen molar-refractivity contribution in [3.8, 4) is 11.8 Å². The molecule has 0 saturated heterocycles. The summed E-state index contributed by atoms with van der Waals surface area (Å²) in [7, 11) is 3.96. The first-order valence-corrected chi connectivity index (χ1v) is 6.69. The molecule has 3 N–H and O–H groups in total. The molecule has 0 saturated carbocycles. The second-order valence-corrected chi connectivity index (χ2v) is 5.17. The van der Waals surface area contributed by atoms with Crippen LogP contribution in [-0.2, 0) is 0 Å². The van der Waals surface area contributed by atoms with Crippen LogP contribution in [-0.4, -0.2) is 44.0 Å². The van der Waals surface area contributed by atoms with E-state index in [0.29, 0.717) is 12.1 Å². The molecule has 0 aliphatic heterocycles. The molecule has 0 aliphatic carbocycles. The van der Waals surface area contributed by atoms with Gasteiger partial charge in [0, 0.05) is 23.7 Å². The van der Waals surface area contributed by atoms with Crippen molar-refractivity contribution in [3.63, 3.8) is 0 Å². The fourth-order valence-corrected chi connectivity index (χ4v) is 1.94. The molecule has 0 fully saturated rings. The predicted octanol–water partition coefficient (Wildman–Crippen LogP) is 0.985. The van der Waals surface area contributed by atoms with Gasteiger partial charge in [-0.15, -0.1) is 0 Å². The number of hydrogen-bond acceptors (Lipinski definition) is 3. The molecule has 0 aromatic heterocycles. The van der Waals surface area contributed by atoms with E-state index in [0.717, 1.165) is 17.7 Å². The van der Waals surface area contributed by atoms with Crippen molar-refractivity contribution in [1.82, 2.24) is 10.2 Å². The zero-order valence-electron chi connectivity index (χ0n) is 12.7. The van der Waals surface area contributed by atoms with Gasteiger partial charge in [0.05, 0.1) is 6.54 Å². The van der Waals surface area contributed by atoms with Crippen molar-refractivity contribution >= 4 is 5.91 Å². The van der Waals surface area contributed by atoms with E-state index in [2.05, 4.69) is 17.2 Å². The van der Waals surface area contributed by atoms with Gasteiger partial charge in [-0.2, -0.15) is 0 Å². The first-order valence-electron chi connectivity index (χ1n) is 6.69. The fraction of sp³-hybridized carbons (Fsp3) is 0.438. The Hall–Kier alpha value is -1.83. The molecular weight excluding hydrogens is 250 g/mol. The summed E-state index contributed by atoms with van der Waals surface area (Å²) in [4.78, 5) is 14.2. The van der Waals surface area contributed by atoms with Crippen LogP contribution < -0.4 is 11.1 Å². The SMILES string of the molecule is Cc1ccc(C(=O)NC(C)CN(C)C)cc1C#CCN. The quantitative estimate of drug-likeness (QED) is 0.804. The highest BCUT2D eigenvalue weighted by molar-refractivity contribution is 5.94. The monoisotopic (exact) mass is 273 g/mol. The van der Waals surface area contributed by atoms with E-state index < -0.39 is 0 Å². The predicted molar refractivity (Wildman–Crippen MR) is 82.6 cm³/mol. The summed E-state index contributed by atoms with van der Waals surface area (Å²) < 4.78 is 0. The standard InChI is InChI=1S/C16H23N3O/c1-12-7-8-15(10-14(12)6-5-9-17)16(20)18-13(2)11-19(3)4/h7-8,10,13H,9,11,17H2,1-4H3,(H,18,20). The Morgan fingerprint density at radius 1 is 1.45 bits per heavy atom. The lowest BCUT2D eigenvalue weighted by molar-refractivity contribution is 0.0934. The van der Waals surface area contributed by atoms with Gasteiger partial charge >= 0.3 is 0 Å². The molecule has 20 heavy (non-hydrogen) atoms. The minimum atomic E-state index is -0.0739. The van der Waals surface area contributed by atoms with Gasteiger partial charge in [0.1, 0.15) is 0 Å². The summed E-state index contributed by atoms with van der Waals surface area (Å²) in [5.41, 5.74) is 7.90. The van der Waals surface area contributed by atoms with Crippen LogP contribution in [0.25, 0.3) is 0 Å². The highest BCUT2D eigenvalue weighted by Crippen LogP contribution is 2.10. The summed E-state index contributed by atoms with van der Waals surface area (Å²) in [5.74, 6) is 5.73. The topological polar surface area (TPSA) is 58.4 Å². The molecular formula is C16H23N3O. The smallest absolute Gasteiger partial charge is 0.251 e. The van der Waals surface area contributed by atoms with Crippen LogP contribution in [0.15, 0.2) is 18.2 Å². The molecule has 1 aromatic rings. The molecule has 0 spiro atoms.